The summed E-state index contributed by atoms with van der Waals surface area (Å²) in [5, 5.41) is 3.30. The fourth-order valence-electron chi connectivity index (χ4n) is 3.47. The minimum Gasteiger partial charge on any atom is -0.463 e. The van der Waals surface area contributed by atoms with E-state index >= 15 is 0 Å². The molecule has 2 heterocycles. The number of fused-ring (bicyclic) bond motifs is 1. The summed E-state index contributed by atoms with van der Waals surface area (Å²) in [6.07, 6.45) is -1.01. The molecule has 6 heteroatoms. The van der Waals surface area contributed by atoms with Gasteiger partial charge in [0.1, 0.15) is 31.1 Å². The van der Waals surface area contributed by atoms with Crippen LogP contribution < -0.4 is 5.32 Å². The number of ether oxygens (including phenoxy) is 4. The summed E-state index contributed by atoms with van der Waals surface area (Å²) in [5.41, 5.74) is 2.17. The van der Waals surface area contributed by atoms with Gasteiger partial charge in [0.05, 0.1) is 19.3 Å². The van der Waals surface area contributed by atoms with Gasteiger partial charge in [-0.25, -0.2) is 0 Å². The lowest BCUT2D eigenvalue weighted by molar-refractivity contribution is -0.192. The van der Waals surface area contributed by atoms with E-state index in [-0.39, 0.29) is 43.2 Å². The number of carbonyl (C=O) groups excluding carboxylic acids is 1. The van der Waals surface area contributed by atoms with E-state index in [1.807, 2.05) is 60.7 Å². The summed E-state index contributed by atoms with van der Waals surface area (Å²) in [4.78, 5) is 11.3. The number of hydrogen-bond acceptors (Lipinski definition) is 6. The second-order valence-corrected chi connectivity index (χ2v) is 7.11. The Hall–Kier alpha value is -2.25. The number of carbonyl (C=O) groups is 1. The first-order chi connectivity index (χ1) is 13.7. The molecule has 2 aromatic carbocycles. The van der Waals surface area contributed by atoms with Crippen molar-refractivity contribution in [1.29, 1.82) is 0 Å². The highest BCUT2D eigenvalue weighted by Gasteiger charge is 2.56. The molecular formula is C22H25NO5. The van der Waals surface area contributed by atoms with Crippen LogP contribution in [0.15, 0.2) is 60.7 Å². The monoisotopic (exact) mass is 383 g/mol. The highest BCUT2D eigenvalue weighted by molar-refractivity contribution is 5.65. The van der Waals surface area contributed by atoms with Gasteiger partial charge in [0.25, 0.3) is 0 Å². The van der Waals surface area contributed by atoms with Crippen molar-refractivity contribution in [2.45, 2.75) is 50.7 Å². The van der Waals surface area contributed by atoms with Crippen molar-refractivity contribution in [3.8, 4) is 0 Å². The molecule has 0 amide bonds. The molecule has 0 aromatic heterocycles. The number of benzene rings is 2. The van der Waals surface area contributed by atoms with Gasteiger partial charge in [-0.3, -0.25) is 10.1 Å². The normalized spacial score (nSPS) is 28.4. The molecule has 4 rings (SSSR count). The van der Waals surface area contributed by atoms with Crippen LogP contribution in [0, 0.1) is 0 Å². The Morgan fingerprint density at radius 3 is 2.07 bits per heavy atom. The number of rotatable bonds is 8. The van der Waals surface area contributed by atoms with E-state index in [1.165, 1.54) is 6.92 Å². The van der Waals surface area contributed by atoms with Gasteiger partial charge in [-0.2, -0.15) is 0 Å². The van der Waals surface area contributed by atoms with E-state index in [2.05, 4.69) is 5.32 Å². The third-order valence-electron chi connectivity index (χ3n) is 4.96. The van der Waals surface area contributed by atoms with Crippen molar-refractivity contribution in [3.63, 3.8) is 0 Å². The van der Waals surface area contributed by atoms with Crippen LogP contribution in [0.25, 0.3) is 0 Å². The van der Waals surface area contributed by atoms with Crippen LogP contribution in [0.1, 0.15) is 18.1 Å². The molecule has 2 aromatic rings. The molecule has 0 radical (unpaired) electrons. The Labute approximate surface area is 164 Å². The quantitative estimate of drug-likeness (QED) is 0.557. The molecule has 0 spiro atoms. The van der Waals surface area contributed by atoms with Crippen molar-refractivity contribution in [2.75, 3.05) is 6.61 Å². The fourth-order valence-corrected chi connectivity index (χ4v) is 3.47. The van der Waals surface area contributed by atoms with Crippen molar-refractivity contribution in [3.05, 3.63) is 71.8 Å². The Kier molecular flexibility index (Phi) is 6.02. The molecule has 6 nitrogen and oxygen atoms in total. The van der Waals surface area contributed by atoms with Gasteiger partial charge in [0.15, 0.2) is 0 Å². The second kappa shape index (κ2) is 8.84. The zero-order valence-electron chi connectivity index (χ0n) is 15.8. The Morgan fingerprint density at radius 2 is 1.50 bits per heavy atom. The zero-order chi connectivity index (χ0) is 19.3. The van der Waals surface area contributed by atoms with Crippen molar-refractivity contribution in [2.24, 2.45) is 0 Å². The van der Waals surface area contributed by atoms with Crippen LogP contribution in [-0.4, -0.2) is 43.2 Å². The third-order valence-corrected chi connectivity index (χ3v) is 4.96. The van der Waals surface area contributed by atoms with Crippen LogP contribution in [0.5, 0.6) is 0 Å². The smallest absolute Gasteiger partial charge is 0.302 e. The lowest BCUT2D eigenvalue weighted by atomic mass is 10.0. The molecule has 28 heavy (non-hydrogen) atoms. The molecular weight excluding hydrogens is 358 g/mol. The Bertz CT molecular complexity index is 769. The zero-order valence-corrected chi connectivity index (χ0v) is 15.8. The summed E-state index contributed by atoms with van der Waals surface area (Å²) in [6.45, 7) is 2.46. The molecule has 1 N–H and O–H groups in total. The summed E-state index contributed by atoms with van der Waals surface area (Å²) in [6, 6.07) is 20.1. The van der Waals surface area contributed by atoms with Crippen LogP contribution in [0.4, 0.5) is 0 Å². The minimum atomic E-state index is -0.385. The van der Waals surface area contributed by atoms with Crippen molar-refractivity contribution >= 4 is 5.97 Å². The van der Waals surface area contributed by atoms with Crippen LogP contribution in [-0.2, 0) is 37.0 Å². The lowest BCUT2D eigenvalue weighted by Gasteiger charge is -2.36. The first kappa shape index (κ1) is 19.1. The maximum Gasteiger partial charge on any atom is 0.302 e. The summed E-state index contributed by atoms with van der Waals surface area (Å²) in [5.74, 6) is -0.335. The molecule has 5 unspecified atom stereocenters. The van der Waals surface area contributed by atoms with Crippen molar-refractivity contribution in [1.82, 2.24) is 5.32 Å². The van der Waals surface area contributed by atoms with E-state index < -0.39 is 0 Å². The summed E-state index contributed by atoms with van der Waals surface area (Å²) < 4.78 is 23.7. The van der Waals surface area contributed by atoms with Gasteiger partial charge in [-0.15, -0.1) is 0 Å². The third kappa shape index (κ3) is 4.77. The topological polar surface area (TPSA) is 75.9 Å². The first-order valence-corrected chi connectivity index (χ1v) is 9.56. The molecule has 0 bridgehead atoms. The predicted molar refractivity (Wildman–Crippen MR) is 102 cm³/mol. The van der Waals surface area contributed by atoms with Crippen LogP contribution >= 0.6 is 0 Å². The highest BCUT2D eigenvalue weighted by atomic mass is 16.6. The summed E-state index contributed by atoms with van der Waals surface area (Å²) in [7, 11) is 0. The van der Waals surface area contributed by atoms with E-state index in [4.69, 9.17) is 18.9 Å². The Balaban J connectivity index is 1.46. The van der Waals surface area contributed by atoms with Gasteiger partial charge in [-0.05, 0) is 11.1 Å². The molecule has 2 aliphatic rings. The van der Waals surface area contributed by atoms with Crippen molar-refractivity contribution < 1.29 is 23.7 Å². The maximum atomic E-state index is 11.3. The lowest BCUT2D eigenvalue weighted by Crippen LogP contribution is -2.52. The molecule has 0 saturated carbocycles. The van der Waals surface area contributed by atoms with Gasteiger partial charge in [0, 0.05) is 6.92 Å². The van der Waals surface area contributed by atoms with E-state index in [0.29, 0.717) is 13.2 Å². The average Bonchev–Trinajstić information content (AvgIpc) is 3.50. The molecule has 2 fully saturated rings. The number of nitrogens with one attached hydrogen (secondary N) is 1. The van der Waals surface area contributed by atoms with E-state index in [9.17, 15) is 4.79 Å². The van der Waals surface area contributed by atoms with Gasteiger partial charge >= 0.3 is 5.97 Å². The number of hydrogen-bond donors (Lipinski definition) is 1. The highest BCUT2D eigenvalue weighted by Crippen LogP contribution is 2.34. The van der Waals surface area contributed by atoms with E-state index in [0.717, 1.165) is 11.1 Å². The first-order valence-electron chi connectivity index (χ1n) is 9.56. The van der Waals surface area contributed by atoms with Gasteiger partial charge in [0.2, 0.25) is 0 Å². The Morgan fingerprint density at radius 1 is 0.929 bits per heavy atom. The summed E-state index contributed by atoms with van der Waals surface area (Å²) >= 11 is 0. The largest absolute Gasteiger partial charge is 0.463 e. The molecule has 5 atom stereocenters. The SMILES string of the molecule is CC(=O)OCC1OC2NC2C(OCc2ccccc2)C1OCc1ccccc1. The van der Waals surface area contributed by atoms with Gasteiger partial charge in [-0.1, -0.05) is 60.7 Å². The molecule has 2 saturated heterocycles. The predicted octanol–water partition coefficient (Wildman–Crippen LogP) is 2.42. The average molecular weight is 383 g/mol. The van der Waals surface area contributed by atoms with E-state index in [1.54, 1.807) is 0 Å². The van der Waals surface area contributed by atoms with Crippen LogP contribution in [0.2, 0.25) is 0 Å². The fraction of sp³-hybridized carbons (Fsp3) is 0.409. The second-order valence-electron chi connectivity index (χ2n) is 7.11. The number of esters is 1. The molecule has 148 valence electrons. The maximum absolute atomic E-state index is 11.3. The molecule has 2 aliphatic heterocycles. The van der Waals surface area contributed by atoms with Gasteiger partial charge < -0.3 is 18.9 Å². The standard InChI is InChI=1S/C22H25NO5/c1-15(24)25-14-18-20(26-12-16-8-4-2-5-9-16)21(19-22(23-19)28-18)27-13-17-10-6-3-7-11-17/h2-11,18-23H,12-14H2,1H3. The molecule has 0 aliphatic carbocycles. The van der Waals surface area contributed by atoms with Crippen LogP contribution in [0.3, 0.4) is 0 Å². The minimum absolute atomic E-state index is 0.0815.